The van der Waals surface area contributed by atoms with E-state index in [1.807, 2.05) is 26.0 Å². The van der Waals surface area contributed by atoms with E-state index in [4.69, 9.17) is 4.74 Å². The Labute approximate surface area is 115 Å². The quantitative estimate of drug-likeness (QED) is 0.860. The summed E-state index contributed by atoms with van der Waals surface area (Å²) in [7, 11) is 3.40. The van der Waals surface area contributed by atoms with E-state index in [0.29, 0.717) is 12.8 Å². The van der Waals surface area contributed by atoms with Crippen LogP contribution in [0, 0.1) is 0 Å². The zero-order chi connectivity index (χ0) is 14.4. The van der Waals surface area contributed by atoms with Crippen LogP contribution in [0.25, 0.3) is 0 Å². The fraction of sp³-hybridized carbons (Fsp3) is 0.533. The number of amides is 1. The first-order chi connectivity index (χ1) is 8.97. The van der Waals surface area contributed by atoms with Gasteiger partial charge in [-0.05, 0) is 26.3 Å². The Morgan fingerprint density at radius 2 is 2.00 bits per heavy atom. The van der Waals surface area contributed by atoms with Crippen LogP contribution in [0.2, 0.25) is 0 Å². The first-order valence-corrected chi connectivity index (χ1v) is 6.53. The lowest BCUT2D eigenvalue weighted by molar-refractivity contribution is -0.132. The van der Waals surface area contributed by atoms with Gasteiger partial charge in [-0.3, -0.25) is 4.79 Å². The molecule has 0 heterocycles. The zero-order valence-corrected chi connectivity index (χ0v) is 12.1. The number of carbonyl (C=O) groups is 1. The Balaban J connectivity index is 2.64. The molecular weight excluding hydrogens is 242 g/mol. The number of aromatic hydroxyl groups is 1. The summed E-state index contributed by atoms with van der Waals surface area (Å²) in [6, 6.07) is 6.95. The number of methoxy groups -OCH3 is 1. The average Bonchev–Trinajstić information content (AvgIpc) is 2.43. The van der Waals surface area contributed by atoms with E-state index in [1.54, 1.807) is 31.2 Å². The topological polar surface area (TPSA) is 49.8 Å². The molecule has 1 rings (SSSR count). The van der Waals surface area contributed by atoms with Gasteiger partial charge in [0.2, 0.25) is 5.91 Å². The van der Waals surface area contributed by atoms with Crippen molar-refractivity contribution in [3.63, 3.8) is 0 Å². The third-order valence-electron chi connectivity index (χ3n) is 3.53. The molecule has 0 aromatic heterocycles. The third kappa shape index (κ3) is 4.24. The summed E-state index contributed by atoms with van der Waals surface area (Å²) in [5.74, 6) is 0.277. The van der Waals surface area contributed by atoms with Gasteiger partial charge in [0.05, 0.1) is 12.1 Å². The molecule has 0 radical (unpaired) electrons. The molecule has 2 atom stereocenters. The minimum atomic E-state index is -0.147. The van der Waals surface area contributed by atoms with E-state index >= 15 is 0 Å². The maximum absolute atomic E-state index is 12.1. The van der Waals surface area contributed by atoms with Crippen molar-refractivity contribution in [1.82, 2.24) is 4.90 Å². The van der Waals surface area contributed by atoms with Gasteiger partial charge in [0.1, 0.15) is 5.75 Å². The van der Waals surface area contributed by atoms with Gasteiger partial charge in [0.25, 0.3) is 0 Å². The van der Waals surface area contributed by atoms with Gasteiger partial charge in [-0.1, -0.05) is 18.2 Å². The summed E-state index contributed by atoms with van der Waals surface area (Å²) in [5.41, 5.74) is 0.762. The van der Waals surface area contributed by atoms with E-state index < -0.39 is 0 Å². The van der Waals surface area contributed by atoms with E-state index in [9.17, 15) is 9.90 Å². The average molecular weight is 265 g/mol. The van der Waals surface area contributed by atoms with Crippen LogP contribution in [0.4, 0.5) is 0 Å². The normalized spacial score (nSPS) is 13.9. The lowest BCUT2D eigenvalue weighted by Gasteiger charge is -2.26. The molecular formula is C15H23NO3. The Hall–Kier alpha value is -1.55. The number of benzene rings is 1. The number of phenols is 1. The summed E-state index contributed by atoms with van der Waals surface area (Å²) in [5, 5.41) is 9.81. The molecule has 1 aromatic rings. The number of carbonyl (C=O) groups excluding carboxylic acids is 1. The predicted octanol–water partition coefficient (Wildman–Crippen LogP) is 2.73. The second kappa shape index (κ2) is 7.14. The van der Waals surface area contributed by atoms with Gasteiger partial charge in [0, 0.05) is 26.1 Å². The first-order valence-electron chi connectivity index (χ1n) is 6.53. The summed E-state index contributed by atoms with van der Waals surface area (Å²) < 4.78 is 5.13. The molecule has 1 amide bonds. The lowest BCUT2D eigenvalue weighted by atomic mass is 10.1. The lowest BCUT2D eigenvalue weighted by Crippen LogP contribution is -2.30. The van der Waals surface area contributed by atoms with E-state index in [2.05, 4.69) is 0 Å². The molecule has 0 aliphatic carbocycles. The second-order valence-corrected chi connectivity index (χ2v) is 4.82. The van der Waals surface area contributed by atoms with Crippen LogP contribution in [0.3, 0.4) is 0 Å². The largest absolute Gasteiger partial charge is 0.508 e. The number of hydrogen-bond donors (Lipinski definition) is 1. The highest BCUT2D eigenvalue weighted by atomic mass is 16.5. The summed E-state index contributed by atoms with van der Waals surface area (Å²) in [6.45, 7) is 3.85. The molecule has 106 valence electrons. The smallest absolute Gasteiger partial charge is 0.222 e. The molecule has 0 saturated carbocycles. The second-order valence-electron chi connectivity index (χ2n) is 4.82. The fourth-order valence-corrected chi connectivity index (χ4v) is 1.89. The molecule has 0 saturated heterocycles. The molecule has 2 unspecified atom stereocenters. The van der Waals surface area contributed by atoms with Gasteiger partial charge >= 0.3 is 0 Å². The molecule has 19 heavy (non-hydrogen) atoms. The maximum atomic E-state index is 12.1. The molecule has 0 aliphatic rings. The highest BCUT2D eigenvalue weighted by molar-refractivity contribution is 5.76. The van der Waals surface area contributed by atoms with Gasteiger partial charge in [-0.15, -0.1) is 0 Å². The summed E-state index contributed by atoms with van der Waals surface area (Å²) in [4.78, 5) is 13.7. The fourth-order valence-electron chi connectivity index (χ4n) is 1.89. The van der Waals surface area contributed by atoms with Crippen LogP contribution in [-0.4, -0.2) is 36.2 Å². The number of rotatable bonds is 6. The van der Waals surface area contributed by atoms with E-state index in [-0.39, 0.29) is 23.8 Å². The van der Waals surface area contributed by atoms with Crippen molar-refractivity contribution in [1.29, 1.82) is 0 Å². The van der Waals surface area contributed by atoms with Crippen LogP contribution in [0.15, 0.2) is 24.3 Å². The third-order valence-corrected chi connectivity index (χ3v) is 3.53. The maximum Gasteiger partial charge on any atom is 0.222 e. The van der Waals surface area contributed by atoms with Crippen LogP contribution in [0.5, 0.6) is 5.75 Å². The summed E-state index contributed by atoms with van der Waals surface area (Å²) in [6.07, 6.45) is 1.23. The van der Waals surface area contributed by atoms with Crippen LogP contribution in [0.1, 0.15) is 38.3 Å². The molecule has 4 nitrogen and oxygen atoms in total. The first kappa shape index (κ1) is 15.5. The van der Waals surface area contributed by atoms with Crippen molar-refractivity contribution in [2.75, 3.05) is 14.2 Å². The van der Waals surface area contributed by atoms with Crippen LogP contribution >= 0.6 is 0 Å². The van der Waals surface area contributed by atoms with Crippen LogP contribution < -0.4 is 0 Å². The van der Waals surface area contributed by atoms with Gasteiger partial charge in [-0.25, -0.2) is 0 Å². The van der Waals surface area contributed by atoms with E-state index in [0.717, 1.165) is 5.56 Å². The standard InChI is InChI=1S/C15H23NO3/c1-11(19-4)9-10-15(18)16(3)12(2)13-7-5-6-8-14(13)17/h5-8,11-12,17H,9-10H2,1-4H3. The number of nitrogens with zero attached hydrogens (tertiary/aromatic N) is 1. The van der Waals surface area contributed by atoms with Crippen molar-refractivity contribution in [3.8, 4) is 5.75 Å². The SMILES string of the molecule is COC(C)CCC(=O)N(C)C(C)c1ccccc1O. The predicted molar refractivity (Wildman–Crippen MR) is 75.0 cm³/mol. The minimum absolute atomic E-state index is 0.0552. The Morgan fingerprint density at radius 1 is 1.37 bits per heavy atom. The van der Waals surface area contributed by atoms with Crippen LogP contribution in [-0.2, 0) is 9.53 Å². The molecule has 4 heteroatoms. The number of phenolic OH excluding ortho intramolecular Hbond substituents is 1. The van der Waals surface area contributed by atoms with Crippen molar-refractivity contribution in [3.05, 3.63) is 29.8 Å². The van der Waals surface area contributed by atoms with E-state index in [1.165, 1.54) is 0 Å². The molecule has 0 bridgehead atoms. The van der Waals surface area contributed by atoms with Gasteiger partial charge < -0.3 is 14.7 Å². The van der Waals surface area contributed by atoms with Gasteiger partial charge in [0.15, 0.2) is 0 Å². The molecule has 1 aromatic carbocycles. The van der Waals surface area contributed by atoms with Crippen molar-refractivity contribution >= 4 is 5.91 Å². The molecule has 1 N–H and O–H groups in total. The molecule has 0 aliphatic heterocycles. The molecule has 0 fully saturated rings. The number of para-hydroxylation sites is 1. The van der Waals surface area contributed by atoms with Crippen molar-refractivity contribution in [2.45, 2.75) is 38.8 Å². The monoisotopic (exact) mass is 265 g/mol. The number of ether oxygens (including phenoxy) is 1. The minimum Gasteiger partial charge on any atom is -0.508 e. The van der Waals surface area contributed by atoms with Crippen molar-refractivity contribution < 1.29 is 14.6 Å². The zero-order valence-electron chi connectivity index (χ0n) is 12.1. The summed E-state index contributed by atoms with van der Waals surface area (Å²) >= 11 is 0. The molecule has 0 spiro atoms. The highest BCUT2D eigenvalue weighted by Crippen LogP contribution is 2.27. The Bertz CT molecular complexity index is 420. The Morgan fingerprint density at radius 3 is 2.58 bits per heavy atom. The number of hydrogen-bond acceptors (Lipinski definition) is 3. The Kier molecular flexibility index (Phi) is 5.83. The van der Waals surface area contributed by atoms with Crippen molar-refractivity contribution in [2.24, 2.45) is 0 Å². The highest BCUT2D eigenvalue weighted by Gasteiger charge is 2.19. The van der Waals surface area contributed by atoms with Gasteiger partial charge in [-0.2, -0.15) is 0 Å².